The first kappa shape index (κ1) is 29.1. The Morgan fingerprint density at radius 3 is 2.45 bits per heavy atom. The minimum Gasteiger partial charge on any atom is -0.481 e. The quantitative estimate of drug-likeness (QED) is 0.118. The Bertz CT molecular complexity index is 1420. The topological polar surface area (TPSA) is 70.8 Å². The summed E-state index contributed by atoms with van der Waals surface area (Å²) in [5.41, 5.74) is 6.73. The molecule has 0 aliphatic carbocycles. The van der Waals surface area contributed by atoms with Gasteiger partial charge >= 0.3 is 5.97 Å². The van der Waals surface area contributed by atoms with Crippen LogP contribution < -0.4 is 5.32 Å². The van der Waals surface area contributed by atoms with E-state index in [4.69, 9.17) is 5.11 Å². The highest BCUT2D eigenvalue weighted by Gasteiger charge is 2.18. The van der Waals surface area contributed by atoms with Crippen molar-refractivity contribution in [2.45, 2.75) is 78.2 Å². The molecular weight excluding hydrogens is 496 g/mol. The van der Waals surface area contributed by atoms with Gasteiger partial charge in [-0.1, -0.05) is 82.5 Å². The molecule has 2 aromatic heterocycles. The molecule has 0 bridgehead atoms. The first-order valence-electron chi connectivity index (χ1n) is 14.7. The fraction of sp³-hybridized carbons (Fsp3) is 0.371. The van der Waals surface area contributed by atoms with Gasteiger partial charge in [-0.15, -0.1) is 0 Å². The van der Waals surface area contributed by atoms with Gasteiger partial charge in [0.25, 0.3) is 0 Å². The van der Waals surface area contributed by atoms with Gasteiger partial charge in [-0.3, -0.25) is 9.59 Å². The standard InChI is InChI=1S/C35H42N2O3/c1-4-5-6-14-31(27-19-17-26(18-20-27)22-25(2)3)36-30-13-9-12-29(23-30)35(40)33-24-28(11-10-16-34(38)39)32-15-7-8-21-37(32)33/h7-9,12-13,15,17-21,23-25,31,36H,4-6,10-11,14,16,22H2,1-3H3,(H,38,39). The number of fused-ring (bicyclic) bond motifs is 1. The van der Waals surface area contributed by atoms with Crippen molar-refractivity contribution < 1.29 is 14.7 Å². The maximum Gasteiger partial charge on any atom is 0.303 e. The Balaban J connectivity index is 1.57. The predicted molar refractivity (Wildman–Crippen MR) is 163 cm³/mol. The molecule has 0 radical (unpaired) electrons. The molecule has 40 heavy (non-hydrogen) atoms. The van der Waals surface area contributed by atoms with Crippen LogP contribution in [0, 0.1) is 5.92 Å². The van der Waals surface area contributed by atoms with Gasteiger partial charge < -0.3 is 14.8 Å². The number of pyridine rings is 1. The van der Waals surface area contributed by atoms with Gasteiger partial charge in [-0.05, 0) is 78.6 Å². The Hall–Kier alpha value is -3.86. The molecule has 210 valence electrons. The first-order chi connectivity index (χ1) is 19.4. The number of nitrogens with one attached hydrogen (secondary N) is 1. The van der Waals surface area contributed by atoms with Crippen LogP contribution in [0.1, 0.15) is 98.1 Å². The second-order valence-corrected chi connectivity index (χ2v) is 11.2. The summed E-state index contributed by atoms with van der Waals surface area (Å²) in [6.07, 6.45) is 8.78. The highest BCUT2D eigenvalue weighted by Crippen LogP contribution is 2.28. The molecule has 4 aromatic rings. The normalized spacial score (nSPS) is 12.1. The number of carbonyl (C=O) groups is 2. The third-order valence-electron chi connectivity index (χ3n) is 7.42. The summed E-state index contributed by atoms with van der Waals surface area (Å²) in [6, 6.07) is 24.7. The summed E-state index contributed by atoms with van der Waals surface area (Å²) in [6.45, 7) is 6.71. The summed E-state index contributed by atoms with van der Waals surface area (Å²) in [5.74, 6) is -0.221. The molecule has 2 heterocycles. The van der Waals surface area contributed by atoms with Crippen molar-refractivity contribution in [2.75, 3.05) is 5.32 Å². The van der Waals surface area contributed by atoms with E-state index in [0.29, 0.717) is 30.0 Å². The van der Waals surface area contributed by atoms with E-state index in [1.165, 1.54) is 24.0 Å². The maximum atomic E-state index is 13.8. The summed E-state index contributed by atoms with van der Waals surface area (Å²) in [5, 5.41) is 12.8. The van der Waals surface area contributed by atoms with Crippen molar-refractivity contribution >= 4 is 23.0 Å². The number of aliphatic carboxylic acids is 1. The number of carbonyl (C=O) groups excluding carboxylic acids is 1. The van der Waals surface area contributed by atoms with Crippen molar-refractivity contribution in [2.24, 2.45) is 5.92 Å². The maximum absolute atomic E-state index is 13.8. The average Bonchev–Trinajstić information content (AvgIpc) is 3.31. The Labute approximate surface area is 238 Å². The van der Waals surface area contributed by atoms with E-state index in [9.17, 15) is 9.59 Å². The minimum absolute atomic E-state index is 0.0464. The summed E-state index contributed by atoms with van der Waals surface area (Å²) < 4.78 is 1.92. The molecule has 0 aliphatic heterocycles. The van der Waals surface area contributed by atoms with Crippen LogP contribution in [-0.4, -0.2) is 21.3 Å². The zero-order valence-electron chi connectivity index (χ0n) is 24.0. The summed E-state index contributed by atoms with van der Waals surface area (Å²) in [7, 11) is 0. The van der Waals surface area contributed by atoms with Crippen molar-refractivity contribution in [1.82, 2.24) is 4.40 Å². The Morgan fingerprint density at radius 1 is 0.925 bits per heavy atom. The number of carboxylic acid groups (broad SMARTS) is 1. The van der Waals surface area contributed by atoms with E-state index in [1.54, 1.807) is 0 Å². The van der Waals surface area contributed by atoms with Crippen LogP contribution in [0.4, 0.5) is 5.69 Å². The van der Waals surface area contributed by atoms with Crippen molar-refractivity contribution in [1.29, 1.82) is 0 Å². The molecule has 0 amide bonds. The number of rotatable bonds is 15. The van der Waals surface area contributed by atoms with Gasteiger partial charge in [0.15, 0.2) is 0 Å². The number of aryl methyl sites for hydroxylation is 1. The van der Waals surface area contributed by atoms with Gasteiger partial charge in [0, 0.05) is 29.4 Å². The average molecular weight is 539 g/mol. The molecule has 0 spiro atoms. The molecule has 4 rings (SSSR count). The predicted octanol–water partition coefficient (Wildman–Crippen LogP) is 8.51. The summed E-state index contributed by atoms with van der Waals surface area (Å²) in [4.78, 5) is 24.8. The molecular formula is C35H42N2O3. The van der Waals surface area contributed by atoms with Crippen LogP contribution in [0.2, 0.25) is 0 Å². The number of hydrogen-bond acceptors (Lipinski definition) is 3. The van der Waals surface area contributed by atoms with Crippen LogP contribution in [0.15, 0.2) is 79.0 Å². The van der Waals surface area contributed by atoms with Crippen molar-refractivity contribution in [3.05, 3.63) is 107 Å². The number of nitrogens with zero attached hydrogens (tertiary/aromatic N) is 1. The summed E-state index contributed by atoms with van der Waals surface area (Å²) >= 11 is 0. The molecule has 0 saturated carbocycles. The smallest absolute Gasteiger partial charge is 0.303 e. The van der Waals surface area contributed by atoms with Crippen LogP contribution in [0.25, 0.3) is 5.52 Å². The third kappa shape index (κ3) is 7.62. The lowest BCUT2D eigenvalue weighted by molar-refractivity contribution is -0.137. The van der Waals surface area contributed by atoms with E-state index >= 15 is 0 Å². The van der Waals surface area contributed by atoms with E-state index in [-0.39, 0.29) is 18.2 Å². The van der Waals surface area contributed by atoms with E-state index in [0.717, 1.165) is 36.0 Å². The van der Waals surface area contributed by atoms with Gasteiger partial charge in [0.1, 0.15) is 0 Å². The molecule has 5 heteroatoms. The molecule has 1 unspecified atom stereocenters. The van der Waals surface area contributed by atoms with E-state index in [2.05, 4.69) is 50.4 Å². The fourth-order valence-corrected chi connectivity index (χ4v) is 5.41. The largest absolute Gasteiger partial charge is 0.481 e. The fourth-order valence-electron chi connectivity index (χ4n) is 5.41. The lowest BCUT2D eigenvalue weighted by atomic mass is 9.96. The number of benzene rings is 2. The second kappa shape index (κ2) is 14.0. The molecule has 0 aliphatic rings. The van der Waals surface area contributed by atoms with Crippen LogP contribution in [0.3, 0.4) is 0 Å². The highest BCUT2D eigenvalue weighted by molar-refractivity contribution is 6.09. The first-order valence-corrected chi connectivity index (χ1v) is 14.7. The van der Waals surface area contributed by atoms with Crippen LogP contribution in [0.5, 0.6) is 0 Å². The highest BCUT2D eigenvalue weighted by atomic mass is 16.4. The molecule has 0 saturated heterocycles. The van der Waals surface area contributed by atoms with Gasteiger partial charge in [0.05, 0.1) is 11.7 Å². The zero-order valence-corrected chi connectivity index (χ0v) is 24.0. The Morgan fingerprint density at radius 2 is 1.73 bits per heavy atom. The molecule has 2 aromatic carbocycles. The van der Waals surface area contributed by atoms with Crippen molar-refractivity contribution in [3.63, 3.8) is 0 Å². The lowest BCUT2D eigenvalue weighted by Crippen LogP contribution is -2.12. The number of carboxylic acids is 1. The lowest BCUT2D eigenvalue weighted by Gasteiger charge is -2.21. The van der Waals surface area contributed by atoms with Gasteiger partial charge in [-0.25, -0.2) is 0 Å². The Kier molecular flexibility index (Phi) is 10.2. The third-order valence-corrected chi connectivity index (χ3v) is 7.42. The number of ketones is 1. The van der Waals surface area contributed by atoms with Gasteiger partial charge in [0.2, 0.25) is 5.78 Å². The number of hydrogen-bond donors (Lipinski definition) is 2. The SMILES string of the molecule is CCCCCC(Nc1cccc(C(=O)c2cc(CCCC(=O)O)c3ccccn23)c1)c1ccc(CC(C)C)cc1. The zero-order chi connectivity index (χ0) is 28.5. The minimum atomic E-state index is -0.802. The molecule has 1 atom stereocenters. The number of anilines is 1. The van der Waals surface area contributed by atoms with Crippen molar-refractivity contribution in [3.8, 4) is 0 Å². The van der Waals surface area contributed by atoms with Crippen LogP contribution in [-0.2, 0) is 17.6 Å². The monoisotopic (exact) mass is 538 g/mol. The second-order valence-electron chi connectivity index (χ2n) is 11.2. The number of aromatic nitrogens is 1. The van der Waals surface area contributed by atoms with Crippen LogP contribution >= 0.6 is 0 Å². The van der Waals surface area contributed by atoms with Gasteiger partial charge in [-0.2, -0.15) is 0 Å². The van der Waals surface area contributed by atoms with E-state index in [1.807, 2.05) is 59.1 Å². The molecule has 0 fully saturated rings. The number of unbranched alkanes of at least 4 members (excludes halogenated alkanes) is 2. The van der Waals surface area contributed by atoms with E-state index < -0.39 is 5.97 Å². The molecule has 2 N–H and O–H groups in total. The molecule has 5 nitrogen and oxygen atoms in total.